The van der Waals surface area contributed by atoms with Crippen molar-refractivity contribution in [3.8, 4) is 0 Å². The van der Waals surface area contributed by atoms with Crippen molar-refractivity contribution in [2.75, 3.05) is 46.5 Å². The van der Waals surface area contributed by atoms with Crippen LogP contribution in [-0.4, -0.2) is 61.8 Å². The van der Waals surface area contributed by atoms with Gasteiger partial charge in [0, 0.05) is 0 Å². The van der Waals surface area contributed by atoms with E-state index in [0.29, 0.717) is 19.6 Å². The molecule has 0 bridgehead atoms. The lowest BCUT2D eigenvalue weighted by Crippen LogP contribution is -3.13. The van der Waals surface area contributed by atoms with Gasteiger partial charge in [0.25, 0.3) is 0 Å². The minimum atomic E-state index is 0.106. The topological polar surface area (TPSA) is 92.8 Å². The number of nitrogens with one attached hydrogen (secondary N) is 1. The Bertz CT molecular complexity index is 59.4. The second kappa shape index (κ2) is 13.4. The zero-order valence-electron chi connectivity index (χ0n) is 7.79. The van der Waals surface area contributed by atoms with Crippen molar-refractivity contribution in [3.63, 3.8) is 0 Å². The summed E-state index contributed by atoms with van der Waals surface area (Å²) >= 11 is 0. The molecule has 0 amide bonds. The van der Waals surface area contributed by atoms with Crippen LogP contribution in [0.5, 0.6) is 0 Å². The maximum absolute atomic E-state index is 8.51. The van der Waals surface area contributed by atoms with Crippen LogP contribution in [0.4, 0.5) is 0 Å². The zero-order valence-corrected chi connectivity index (χ0v) is 7.79. The monoisotopic (exact) mass is 182 g/mol. The van der Waals surface area contributed by atoms with Crippen molar-refractivity contribution in [3.05, 3.63) is 0 Å². The molecular formula is C7H22N2O3+2. The summed E-state index contributed by atoms with van der Waals surface area (Å²) in [6.45, 7) is 2.11. The highest BCUT2D eigenvalue weighted by molar-refractivity contribution is 4.28. The molecule has 7 N–H and O–H groups in total. The van der Waals surface area contributed by atoms with E-state index in [1.54, 1.807) is 7.05 Å². The van der Waals surface area contributed by atoms with E-state index < -0.39 is 0 Å². The SMILES string of the molecule is C[NH3+].OCC[NH+](CCO)CCO. The van der Waals surface area contributed by atoms with Gasteiger partial charge in [-0.1, -0.05) is 0 Å². The first-order valence-electron chi connectivity index (χ1n) is 4.22. The van der Waals surface area contributed by atoms with E-state index >= 15 is 0 Å². The first kappa shape index (κ1) is 14.3. The standard InChI is InChI=1S/C6H15NO3.CH5N/c8-4-1-7(2-5-9)3-6-10;1-2/h8-10H,1-6H2;2H2,1H3/p+2. The van der Waals surface area contributed by atoms with Gasteiger partial charge in [0.05, 0.1) is 26.9 Å². The molecule has 0 aliphatic rings. The molecule has 0 saturated heterocycles. The Kier molecular flexibility index (Phi) is 16.0. The van der Waals surface area contributed by atoms with Gasteiger partial charge in [-0.3, -0.25) is 0 Å². The quantitative estimate of drug-likeness (QED) is 0.288. The van der Waals surface area contributed by atoms with Gasteiger partial charge < -0.3 is 26.0 Å². The molecule has 0 atom stereocenters. The Morgan fingerprint density at radius 2 is 1.08 bits per heavy atom. The highest BCUT2D eigenvalue weighted by Crippen LogP contribution is 1.52. The van der Waals surface area contributed by atoms with Gasteiger partial charge in [-0.25, -0.2) is 0 Å². The number of rotatable bonds is 6. The first-order valence-corrected chi connectivity index (χ1v) is 4.22. The maximum atomic E-state index is 8.51. The van der Waals surface area contributed by atoms with Crippen LogP contribution in [0.1, 0.15) is 0 Å². The van der Waals surface area contributed by atoms with E-state index in [9.17, 15) is 0 Å². The van der Waals surface area contributed by atoms with E-state index in [4.69, 9.17) is 15.3 Å². The van der Waals surface area contributed by atoms with Gasteiger partial charge in [-0.05, 0) is 0 Å². The second-order valence-electron chi connectivity index (χ2n) is 2.17. The minimum Gasteiger partial charge on any atom is -0.391 e. The van der Waals surface area contributed by atoms with Gasteiger partial charge in [-0.2, -0.15) is 0 Å². The highest BCUT2D eigenvalue weighted by atomic mass is 16.3. The van der Waals surface area contributed by atoms with E-state index in [0.717, 1.165) is 4.90 Å². The van der Waals surface area contributed by atoms with Gasteiger partial charge in [0.1, 0.15) is 19.6 Å². The number of hydrogen-bond acceptors (Lipinski definition) is 3. The molecular weight excluding hydrogens is 160 g/mol. The summed E-state index contributed by atoms with van der Waals surface area (Å²) in [5.74, 6) is 0. The van der Waals surface area contributed by atoms with E-state index in [2.05, 4.69) is 5.73 Å². The third kappa shape index (κ3) is 9.80. The van der Waals surface area contributed by atoms with Crippen LogP contribution in [0.25, 0.3) is 0 Å². The summed E-state index contributed by atoms with van der Waals surface area (Å²) in [6, 6.07) is 0. The molecule has 0 aromatic heterocycles. The summed E-state index contributed by atoms with van der Waals surface area (Å²) in [5, 5.41) is 25.5. The van der Waals surface area contributed by atoms with Crippen LogP contribution in [0.15, 0.2) is 0 Å². The van der Waals surface area contributed by atoms with Crippen molar-refractivity contribution in [1.29, 1.82) is 0 Å². The molecule has 0 aliphatic carbocycles. The average molecular weight is 182 g/mol. The molecule has 0 spiro atoms. The van der Waals surface area contributed by atoms with E-state index in [-0.39, 0.29) is 19.8 Å². The Morgan fingerprint density at radius 1 is 0.833 bits per heavy atom. The zero-order chi connectivity index (χ0) is 9.82. The van der Waals surface area contributed by atoms with Crippen molar-refractivity contribution in [2.24, 2.45) is 0 Å². The van der Waals surface area contributed by atoms with Crippen molar-refractivity contribution in [1.82, 2.24) is 0 Å². The minimum absolute atomic E-state index is 0.106. The normalized spacial score (nSPS) is 9.50. The average Bonchev–Trinajstić information content (AvgIpc) is 2.10. The van der Waals surface area contributed by atoms with Gasteiger partial charge in [0.2, 0.25) is 0 Å². The molecule has 12 heavy (non-hydrogen) atoms. The van der Waals surface area contributed by atoms with Crippen molar-refractivity contribution in [2.45, 2.75) is 0 Å². The van der Waals surface area contributed by atoms with Crippen molar-refractivity contribution < 1.29 is 26.0 Å². The maximum Gasteiger partial charge on any atom is 0.101 e. The molecule has 0 aromatic carbocycles. The summed E-state index contributed by atoms with van der Waals surface area (Å²) in [4.78, 5) is 1.03. The van der Waals surface area contributed by atoms with Crippen LogP contribution in [0.3, 0.4) is 0 Å². The number of quaternary nitrogens is 2. The Hall–Kier alpha value is -0.200. The lowest BCUT2D eigenvalue weighted by molar-refractivity contribution is -0.901. The Labute approximate surface area is 73.4 Å². The molecule has 5 nitrogen and oxygen atoms in total. The van der Waals surface area contributed by atoms with E-state index in [1.165, 1.54) is 0 Å². The molecule has 0 aromatic rings. The van der Waals surface area contributed by atoms with E-state index in [1.807, 2.05) is 0 Å². The molecule has 0 unspecified atom stereocenters. The molecule has 5 heteroatoms. The molecule has 0 rings (SSSR count). The van der Waals surface area contributed by atoms with Crippen LogP contribution in [0, 0.1) is 0 Å². The summed E-state index contributed by atoms with van der Waals surface area (Å²) in [6.07, 6.45) is 0. The molecule has 0 heterocycles. The van der Waals surface area contributed by atoms with Gasteiger partial charge in [0.15, 0.2) is 0 Å². The lowest BCUT2D eigenvalue weighted by Gasteiger charge is -2.15. The van der Waals surface area contributed by atoms with Crippen molar-refractivity contribution >= 4 is 0 Å². The molecule has 0 saturated carbocycles. The fourth-order valence-corrected chi connectivity index (χ4v) is 0.849. The summed E-state index contributed by atoms with van der Waals surface area (Å²) in [5.41, 5.74) is 3.25. The Balaban J connectivity index is 0. The Morgan fingerprint density at radius 3 is 1.25 bits per heavy atom. The smallest absolute Gasteiger partial charge is 0.101 e. The number of aliphatic hydroxyl groups excluding tert-OH is 3. The molecule has 0 aliphatic heterocycles. The lowest BCUT2D eigenvalue weighted by atomic mass is 10.4. The van der Waals surface area contributed by atoms with Gasteiger partial charge >= 0.3 is 0 Å². The van der Waals surface area contributed by atoms with Crippen LogP contribution in [-0.2, 0) is 0 Å². The van der Waals surface area contributed by atoms with Crippen LogP contribution < -0.4 is 10.6 Å². The first-order chi connectivity index (χ1) is 5.85. The molecule has 0 radical (unpaired) electrons. The van der Waals surface area contributed by atoms with Gasteiger partial charge in [-0.15, -0.1) is 0 Å². The number of hydrogen-bond donors (Lipinski definition) is 5. The third-order valence-electron chi connectivity index (χ3n) is 1.40. The highest BCUT2D eigenvalue weighted by Gasteiger charge is 2.03. The predicted octanol–water partition coefficient (Wildman–Crippen LogP) is -4.29. The molecule has 76 valence electrons. The van der Waals surface area contributed by atoms with Crippen LogP contribution >= 0.6 is 0 Å². The number of aliphatic hydroxyl groups is 3. The second-order valence-corrected chi connectivity index (χ2v) is 2.17. The fraction of sp³-hybridized carbons (Fsp3) is 1.00. The largest absolute Gasteiger partial charge is 0.391 e. The third-order valence-corrected chi connectivity index (χ3v) is 1.40. The summed E-state index contributed by atoms with van der Waals surface area (Å²) in [7, 11) is 1.75. The fourth-order valence-electron chi connectivity index (χ4n) is 0.849. The van der Waals surface area contributed by atoms with Crippen LogP contribution in [0.2, 0.25) is 0 Å². The predicted molar refractivity (Wildman–Crippen MR) is 45.6 cm³/mol. The molecule has 0 fully saturated rings. The summed E-state index contributed by atoms with van der Waals surface area (Å²) < 4.78 is 0.